The van der Waals surface area contributed by atoms with Crippen LogP contribution in [-0.2, 0) is 6.54 Å². The van der Waals surface area contributed by atoms with Crippen molar-refractivity contribution in [1.82, 2.24) is 15.5 Å². The lowest BCUT2D eigenvalue weighted by Gasteiger charge is -2.08. The third-order valence-corrected chi connectivity index (χ3v) is 2.76. The smallest absolute Gasteiger partial charge is 0.335 e. The van der Waals surface area contributed by atoms with Gasteiger partial charge in [-0.2, -0.15) is 4.98 Å². The number of aryl methyl sites for hydroxylation is 1. The van der Waals surface area contributed by atoms with Gasteiger partial charge in [0.2, 0.25) is 5.89 Å². The van der Waals surface area contributed by atoms with Gasteiger partial charge < -0.3 is 20.3 Å². The number of nitrogens with one attached hydrogen (secondary N) is 2. The normalized spacial score (nSPS) is 10.2. The Balaban J connectivity index is 1.99. The molecule has 0 saturated heterocycles. The van der Waals surface area contributed by atoms with E-state index >= 15 is 0 Å². The molecule has 3 N–H and O–H groups in total. The average molecular weight is 311 g/mol. The highest BCUT2D eigenvalue weighted by Gasteiger charge is 2.11. The quantitative estimate of drug-likeness (QED) is 0.795. The van der Waals surface area contributed by atoms with Crippen LogP contribution in [0.1, 0.15) is 22.1 Å². The molecule has 0 spiro atoms. The number of benzene rings is 1. The van der Waals surface area contributed by atoms with E-state index in [2.05, 4.69) is 20.8 Å². The molecular formula is C12H11ClN4O4. The molecule has 0 aliphatic rings. The first-order valence-corrected chi connectivity index (χ1v) is 6.20. The number of carboxylic acid groups (broad SMARTS) is 1. The molecule has 0 saturated carbocycles. The number of nitrogens with zero attached hydrogens (tertiary/aromatic N) is 2. The number of carbonyl (C=O) groups is 2. The minimum atomic E-state index is -1.11. The van der Waals surface area contributed by atoms with Crippen LogP contribution in [0.5, 0.6) is 0 Å². The molecule has 110 valence electrons. The number of hydrogen-bond donors (Lipinski definition) is 3. The lowest BCUT2D eigenvalue weighted by atomic mass is 10.2. The van der Waals surface area contributed by atoms with Crippen molar-refractivity contribution in [1.29, 1.82) is 0 Å². The first-order chi connectivity index (χ1) is 9.95. The van der Waals surface area contributed by atoms with Gasteiger partial charge in [0.25, 0.3) is 0 Å². The summed E-state index contributed by atoms with van der Waals surface area (Å²) in [7, 11) is 0. The van der Waals surface area contributed by atoms with Crippen molar-refractivity contribution >= 4 is 29.3 Å². The molecule has 2 rings (SSSR count). The van der Waals surface area contributed by atoms with Gasteiger partial charge in [0.15, 0.2) is 5.82 Å². The Morgan fingerprint density at radius 2 is 2.19 bits per heavy atom. The van der Waals surface area contributed by atoms with Crippen molar-refractivity contribution in [2.45, 2.75) is 13.5 Å². The van der Waals surface area contributed by atoms with Crippen LogP contribution in [0.2, 0.25) is 5.02 Å². The number of carbonyl (C=O) groups excluding carboxylic acids is 1. The standard InChI is InChI=1S/C12H11ClN4O4/c1-6-15-10(21-17-6)5-14-12(20)16-9-4-7(11(18)19)2-3-8(9)13/h2-4H,5H2,1H3,(H,18,19)(H2,14,16,20). The van der Waals surface area contributed by atoms with Crippen LogP contribution in [-0.4, -0.2) is 27.2 Å². The van der Waals surface area contributed by atoms with Gasteiger partial charge in [-0.25, -0.2) is 9.59 Å². The van der Waals surface area contributed by atoms with Gasteiger partial charge in [0.05, 0.1) is 22.8 Å². The number of anilines is 1. The van der Waals surface area contributed by atoms with Crippen molar-refractivity contribution in [3.05, 3.63) is 40.5 Å². The molecule has 8 nitrogen and oxygen atoms in total. The van der Waals surface area contributed by atoms with Crippen LogP contribution < -0.4 is 10.6 Å². The Kier molecular flexibility index (Phi) is 4.39. The van der Waals surface area contributed by atoms with E-state index in [-0.39, 0.29) is 28.7 Å². The molecule has 21 heavy (non-hydrogen) atoms. The van der Waals surface area contributed by atoms with E-state index in [1.807, 2.05) is 0 Å². The van der Waals surface area contributed by atoms with Crippen molar-refractivity contribution < 1.29 is 19.2 Å². The Hall–Kier alpha value is -2.61. The zero-order chi connectivity index (χ0) is 15.4. The van der Waals surface area contributed by atoms with E-state index in [4.69, 9.17) is 21.2 Å². The monoisotopic (exact) mass is 310 g/mol. The second-order valence-electron chi connectivity index (χ2n) is 4.04. The Bertz CT molecular complexity index is 686. The van der Waals surface area contributed by atoms with Crippen LogP contribution >= 0.6 is 11.6 Å². The molecule has 2 aromatic rings. The Morgan fingerprint density at radius 1 is 1.43 bits per heavy atom. The number of halogens is 1. The summed E-state index contributed by atoms with van der Waals surface area (Å²) in [6.45, 7) is 1.70. The predicted octanol–water partition coefficient (Wildman–Crippen LogP) is 2.05. The van der Waals surface area contributed by atoms with Crippen molar-refractivity contribution in [2.24, 2.45) is 0 Å². The number of aromatic nitrogens is 2. The van der Waals surface area contributed by atoms with E-state index < -0.39 is 12.0 Å². The Morgan fingerprint density at radius 3 is 2.81 bits per heavy atom. The molecule has 0 aliphatic carbocycles. The van der Waals surface area contributed by atoms with E-state index in [1.165, 1.54) is 18.2 Å². The second-order valence-corrected chi connectivity index (χ2v) is 4.45. The highest BCUT2D eigenvalue weighted by molar-refractivity contribution is 6.33. The van der Waals surface area contributed by atoms with Gasteiger partial charge in [-0.15, -0.1) is 0 Å². The first kappa shape index (κ1) is 14.8. The van der Waals surface area contributed by atoms with E-state index in [1.54, 1.807) is 6.92 Å². The SMILES string of the molecule is Cc1noc(CNC(=O)Nc2cc(C(=O)O)ccc2Cl)n1. The molecule has 0 fully saturated rings. The summed E-state index contributed by atoms with van der Waals surface area (Å²) in [4.78, 5) is 26.5. The molecule has 9 heteroatoms. The summed E-state index contributed by atoms with van der Waals surface area (Å²) in [5, 5.41) is 17.6. The predicted molar refractivity (Wildman–Crippen MR) is 73.3 cm³/mol. The third kappa shape index (κ3) is 3.93. The fraction of sp³-hybridized carbons (Fsp3) is 0.167. The number of rotatable bonds is 4. The molecule has 1 aromatic carbocycles. The van der Waals surface area contributed by atoms with Crippen LogP contribution in [0.3, 0.4) is 0 Å². The van der Waals surface area contributed by atoms with Gasteiger partial charge in [-0.3, -0.25) is 0 Å². The zero-order valence-corrected chi connectivity index (χ0v) is 11.6. The number of hydrogen-bond acceptors (Lipinski definition) is 5. The maximum atomic E-state index is 11.7. The molecule has 0 atom stereocenters. The minimum absolute atomic E-state index is 0.0160. The lowest BCUT2D eigenvalue weighted by Crippen LogP contribution is -2.28. The number of aromatic carboxylic acids is 1. The number of urea groups is 1. The fourth-order valence-corrected chi connectivity index (χ4v) is 1.65. The average Bonchev–Trinajstić information content (AvgIpc) is 2.84. The highest BCUT2D eigenvalue weighted by Crippen LogP contribution is 2.23. The summed E-state index contributed by atoms with van der Waals surface area (Å²) in [5.74, 6) is -0.395. The second kappa shape index (κ2) is 6.23. The minimum Gasteiger partial charge on any atom is -0.478 e. The molecule has 2 amide bonds. The van der Waals surface area contributed by atoms with E-state index in [0.717, 1.165) is 0 Å². The van der Waals surface area contributed by atoms with E-state index in [0.29, 0.717) is 5.82 Å². The van der Waals surface area contributed by atoms with Crippen LogP contribution in [0.15, 0.2) is 22.7 Å². The number of amides is 2. The molecule has 1 heterocycles. The van der Waals surface area contributed by atoms with Crippen LogP contribution in [0, 0.1) is 6.92 Å². The molecular weight excluding hydrogens is 300 g/mol. The third-order valence-electron chi connectivity index (χ3n) is 2.43. The zero-order valence-electron chi connectivity index (χ0n) is 10.9. The molecule has 1 aromatic heterocycles. The number of carboxylic acids is 1. The van der Waals surface area contributed by atoms with Gasteiger partial charge in [-0.1, -0.05) is 16.8 Å². The van der Waals surface area contributed by atoms with Crippen molar-refractivity contribution in [3.8, 4) is 0 Å². The molecule has 0 aliphatic heterocycles. The van der Waals surface area contributed by atoms with Gasteiger partial charge in [0, 0.05) is 0 Å². The van der Waals surface area contributed by atoms with Gasteiger partial charge in [0.1, 0.15) is 0 Å². The topological polar surface area (TPSA) is 117 Å². The summed E-state index contributed by atoms with van der Waals surface area (Å²) in [6.07, 6.45) is 0. The highest BCUT2D eigenvalue weighted by atomic mass is 35.5. The molecule has 0 unspecified atom stereocenters. The maximum absolute atomic E-state index is 11.7. The molecule has 0 radical (unpaired) electrons. The fourth-order valence-electron chi connectivity index (χ4n) is 1.49. The van der Waals surface area contributed by atoms with Gasteiger partial charge >= 0.3 is 12.0 Å². The summed E-state index contributed by atoms with van der Waals surface area (Å²) in [5.41, 5.74) is 0.206. The Labute approximate surface area is 124 Å². The van der Waals surface area contributed by atoms with E-state index in [9.17, 15) is 9.59 Å². The summed E-state index contributed by atoms with van der Waals surface area (Å²) in [6, 6.07) is 3.42. The largest absolute Gasteiger partial charge is 0.478 e. The lowest BCUT2D eigenvalue weighted by molar-refractivity contribution is 0.0697. The summed E-state index contributed by atoms with van der Waals surface area (Å²) >= 11 is 5.89. The van der Waals surface area contributed by atoms with Crippen molar-refractivity contribution in [2.75, 3.05) is 5.32 Å². The van der Waals surface area contributed by atoms with Crippen LogP contribution in [0.25, 0.3) is 0 Å². The van der Waals surface area contributed by atoms with Gasteiger partial charge in [-0.05, 0) is 25.1 Å². The van der Waals surface area contributed by atoms with Crippen LogP contribution in [0.4, 0.5) is 10.5 Å². The first-order valence-electron chi connectivity index (χ1n) is 5.82. The van der Waals surface area contributed by atoms with Crippen molar-refractivity contribution in [3.63, 3.8) is 0 Å². The maximum Gasteiger partial charge on any atom is 0.335 e. The molecule has 0 bridgehead atoms. The summed E-state index contributed by atoms with van der Waals surface area (Å²) < 4.78 is 4.83.